The molecule has 0 saturated carbocycles. The minimum Gasteiger partial charge on any atom is -0.496 e. The Morgan fingerprint density at radius 3 is 2.40 bits per heavy atom. The first-order chi connectivity index (χ1) is 14.7. The molecule has 0 atom stereocenters. The molecule has 0 fully saturated rings. The van der Waals surface area contributed by atoms with Crippen LogP contribution < -0.4 is 15.4 Å². The van der Waals surface area contributed by atoms with Gasteiger partial charge in [-0.15, -0.1) is 0 Å². The molecule has 0 bridgehead atoms. The molecule has 0 spiro atoms. The smallest absolute Gasteiger partial charge is 0.253 e. The number of hydrogen-bond donors (Lipinski definition) is 2. The molecule has 152 valence electrons. The van der Waals surface area contributed by atoms with E-state index in [1.165, 1.54) is 6.08 Å². The standard InChI is InChI=1S/C25H24N2O3/c1-30-23-14-8-5-11-20(23)15-16-24(28)27-22-13-7-6-12-21(22)25(29)26-18-17-19-9-3-2-4-10-19/h2-16H,17-18H2,1H3,(H,26,29)(H,27,28)/b16-15+. The molecule has 0 saturated heterocycles. The zero-order valence-corrected chi connectivity index (χ0v) is 16.8. The van der Waals surface area contributed by atoms with Gasteiger partial charge in [-0.3, -0.25) is 9.59 Å². The van der Waals surface area contributed by atoms with Gasteiger partial charge in [0.05, 0.1) is 18.4 Å². The van der Waals surface area contributed by atoms with Crippen molar-refractivity contribution in [2.45, 2.75) is 6.42 Å². The molecule has 30 heavy (non-hydrogen) atoms. The van der Waals surface area contributed by atoms with E-state index >= 15 is 0 Å². The molecule has 2 N–H and O–H groups in total. The lowest BCUT2D eigenvalue weighted by molar-refractivity contribution is -0.111. The summed E-state index contributed by atoms with van der Waals surface area (Å²) in [4.78, 5) is 25.0. The van der Waals surface area contributed by atoms with Gasteiger partial charge in [-0.05, 0) is 36.3 Å². The maximum absolute atomic E-state index is 12.6. The van der Waals surface area contributed by atoms with Crippen molar-refractivity contribution in [1.82, 2.24) is 5.32 Å². The van der Waals surface area contributed by atoms with Gasteiger partial charge >= 0.3 is 0 Å². The van der Waals surface area contributed by atoms with Gasteiger partial charge in [0.2, 0.25) is 5.91 Å². The van der Waals surface area contributed by atoms with Gasteiger partial charge in [0.1, 0.15) is 5.75 Å². The van der Waals surface area contributed by atoms with E-state index < -0.39 is 0 Å². The van der Waals surface area contributed by atoms with Crippen LogP contribution in [-0.2, 0) is 11.2 Å². The zero-order valence-electron chi connectivity index (χ0n) is 16.8. The highest BCUT2D eigenvalue weighted by Crippen LogP contribution is 2.19. The Morgan fingerprint density at radius 2 is 1.60 bits per heavy atom. The molecule has 5 heteroatoms. The number of carbonyl (C=O) groups is 2. The maximum atomic E-state index is 12.6. The Labute approximate surface area is 176 Å². The summed E-state index contributed by atoms with van der Waals surface area (Å²) in [5.74, 6) is 0.126. The summed E-state index contributed by atoms with van der Waals surface area (Å²) in [6.45, 7) is 0.513. The third-order valence-corrected chi connectivity index (χ3v) is 4.52. The van der Waals surface area contributed by atoms with Gasteiger partial charge in [0.15, 0.2) is 0 Å². The Bertz CT molecular complexity index is 1030. The van der Waals surface area contributed by atoms with Gasteiger partial charge in [-0.2, -0.15) is 0 Å². The third kappa shape index (κ3) is 5.82. The van der Waals surface area contributed by atoms with Crippen molar-refractivity contribution in [1.29, 1.82) is 0 Å². The highest BCUT2D eigenvalue weighted by Gasteiger charge is 2.12. The topological polar surface area (TPSA) is 67.4 Å². The second-order valence-corrected chi connectivity index (χ2v) is 6.60. The molecule has 0 aliphatic rings. The maximum Gasteiger partial charge on any atom is 0.253 e. The van der Waals surface area contributed by atoms with E-state index in [1.54, 1.807) is 37.5 Å². The molecule has 0 heterocycles. The van der Waals surface area contributed by atoms with Crippen molar-refractivity contribution in [3.8, 4) is 5.75 Å². The van der Waals surface area contributed by atoms with Crippen molar-refractivity contribution >= 4 is 23.6 Å². The summed E-state index contributed by atoms with van der Waals surface area (Å²) in [6, 6.07) is 24.3. The fraction of sp³-hybridized carbons (Fsp3) is 0.120. The van der Waals surface area contributed by atoms with Crippen molar-refractivity contribution in [3.63, 3.8) is 0 Å². The predicted molar refractivity (Wildman–Crippen MR) is 120 cm³/mol. The summed E-state index contributed by atoms with van der Waals surface area (Å²) < 4.78 is 5.28. The number of anilines is 1. The number of methoxy groups -OCH3 is 1. The normalized spacial score (nSPS) is 10.6. The van der Waals surface area contributed by atoms with Gasteiger partial charge in [0.25, 0.3) is 5.91 Å². The largest absolute Gasteiger partial charge is 0.496 e. The van der Waals surface area contributed by atoms with Gasteiger partial charge in [-0.1, -0.05) is 60.7 Å². The van der Waals surface area contributed by atoms with Crippen molar-refractivity contribution in [3.05, 3.63) is 102 Å². The minimum atomic E-state index is -0.328. The minimum absolute atomic E-state index is 0.226. The molecule has 2 amide bonds. The van der Waals surface area contributed by atoms with E-state index in [0.717, 1.165) is 17.5 Å². The molecule has 3 rings (SSSR count). The van der Waals surface area contributed by atoms with Crippen LogP contribution >= 0.6 is 0 Å². The van der Waals surface area contributed by atoms with Gasteiger partial charge in [0, 0.05) is 18.2 Å². The summed E-state index contributed by atoms with van der Waals surface area (Å²) in [7, 11) is 1.58. The lowest BCUT2D eigenvalue weighted by atomic mass is 10.1. The highest BCUT2D eigenvalue weighted by atomic mass is 16.5. The quantitative estimate of drug-likeness (QED) is 0.554. The predicted octanol–water partition coefficient (Wildman–Crippen LogP) is 4.32. The summed E-state index contributed by atoms with van der Waals surface area (Å²) >= 11 is 0. The number of para-hydroxylation sites is 2. The van der Waals surface area contributed by atoms with E-state index in [-0.39, 0.29) is 11.8 Å². The number of nitrogens with one attached hydrogen (secondary N) is 2. The molecular weight excluding hydrogens is 376 g/mol. The second-order valence-electron chi connectivity index (χ2n) is 6.60. The van der Waals surface area contributed by atoms with Crippen LogP contribution in [0.2, 0.25) is 0 Å². The van der Waals surface area contributed by atoms with E-state index in [9.17, 15) is 9.59 Å². The Morgan fingerprint density at radius 1 is 0.900 bits per heavy atom. The van der Waals surface area contributed by atoms with E-state index in [0.29, 0.717) is 23.5 Å². The van der Waals surface area contributed by atoms with E-state index in [2.05, 4.69) is 10.6 Å². The molecule has 0 aliphatic carbocycles. The lowest BCUT2D eigenvalue weighted by Gasteiger charge is -2.10. The highest BCUT2D eigenvalue weighted by molar-refractivity contribution is 6.07. The van der Waals surface area contributed by atoms with Crippen LogP contribution in [0, 0.1) is 0 Å². The Balaban J connectivity index is 1.62. The fourth-order valence-electron chi connectivity index (χ4n) is 2.99. The van der Waals surface area contributed by atoms with Crippen molar-refractivity contribution in [2.75, 3.05) is 19.0 Å². The number of amides is 2. The molecule has 5 nitrogen and oxygen atoms in total. The zero-order chi connectivity index (χ0) is 21.2. The van der Waals surface area contributed by atoms with Crippen LogP contribution in [-0.4, -0.2) is 25.5 Å². The van der Waals surface area contributed by atoms with Crippen LogP contribution in [0.1, 0.15) is 21.5 Å². The number of hydrogen-bond acceptors (Lipinski definition) is 3. The number of carbonyl (C=O) groups excluding carboxylic acids is 2. The molecule has 0 unspecified atom stereocenters. The molecule has 3 aromatic rings. The van der Waals surface area contributed by atoms with Crippen molar-refractivity contribution in [2.24, 2.45) is 0 Å². The van der Waals surface area contributed by atoms with E-state index in [4.69, 9.17) is 4.74 Å². The van der Waals surface area contributed by atoms with Crippen LogP contribution in [0.3, 0.4) is 0 Å². The molecule has 3 aromatic carbocycles. The first-order valence-corrected chi connectivity index (χ1v) is 9.70. The van der Waals surface area contributed by atoms with Crippen molar-refractivity contribution < 1.29 is 14.3 Å². The average Bonchev–Trinajstić information content (AvgIpc) is 2.79. The lowest BCUT2D eigenvalue weighted by Crippen LogP contribution is -2.27. The number of benzene rings is 3. The molecule has 0 aliphatic heterocycles. The summed E-state index contributed by atoms with van der Waals surface area (Å²) in [6.07, 6.45) is 3.83. The first kappa shape index (κ1) is 20.9. The molecule has 0 aromatic heterocycles. The van der Waals surface area contributed by atoms with Crippen LogP contribution in [0.5, 0.6) is 5.75 Å². The fourth-order valence-corrected chi connectivity index (χ4v) is 2.99. The van der Waals surface area contributed by atoms with Crippen LogP contribution in [0.25, 0.3) is 6.08 Å². The monoisotopic (exact) mass is 400 g/mol. The summed E-state index contributed by atoms with van der Waals surface area (Å²) in [5, 5.41) is 5.69. The Kier molecular flexibility index (Phi) is 7.39. The van der Waals surface area contributed by atoms with Gasteiger partial charge < -0.3 is 15.4 Å². The average molecular weight is 400 g/mol. The Hall–Kier alpha value is -3.86. The van der Waals surface area contributed by atoms with Crippen LogP contribution in [0.4, 0.5) is 5.69 Å². The van der Waals surface area contributed by atoms with Gasteiger partial charge in [-0.25, -0.2) is 0 Å². The number of ether oxygens (including phenoxy) is 1. The van der Waals surface area contributed by atoms with E-state index in [1.807, 2.05) is 54.6 Å². The second kappa shape index (κ2) is 10.6. The van der Waals surface area contributed by atoms with Crippen LogP contribution in [0.15, 0.2) is 84.9 Å². The third-order valence-electron chi connectivity index (χ3n) is 4.52. The molecule has 0 radical (unpaired) electrons. The summed E-state index contributed by atoms with van der Waals surface area (Å²) in [5.41, 5.74) is 2.83. The first-order valence-electron chi connectivity index (χ1n) is 9.70. The molecular formula is C25H24N2O3. The number of rotatable bonds is 8. The SMILES string of the molecule is COc1ccccc1/C=C/C(=O)Nc1ccccc1C(=O)NCCc1ccccc1.